The first-order valence-electron chi connectivity index (χ1n) is 7.23. The van der Waals surface area contributed by atoms with Crippen LogP contribution in [-0.4, -0.2) is 12.1 Å². The van der Waals surface area contributed by atoms with Gasteiger partial charge in [-0.1, -0.05) is 17.7 Å². The molecule has 0 fully saturated rings. The summed E-state index contributed by atoms with van der Waals surface area (Å²) in [5.41, 5.74) is 4.69. The fraction of sp³-hybridized carbons (Fsp3) is 0.353. The number of benzene rings is 1. The molecule has 1 aliphatic carbocycles. The lowest BCUT2D eigenvalue weighted by Gasteiger charge is -2.28. The third-order valence-electron chi connectivity index (χ3n) is 3.97. The highest BCUT2D eigenvalue weighted by Gasteiger charge is 2.21. The van der Waals surface area contributed by atoms with Crippen LogP contribution >= 0.6 is 11.6 Å². The smallest absolute Gasteiger partial charge is 0.152 e. The molecule has 0 saturated heterocycles. The molecule has 1 N–H and O–H groups in total. The minimum Gasteiger partial charge on any atom is -0.497 e. The van der Waals surface area contributed by atoms with Gasteiger partial charge in [0.05, 0.1) is 18.8 Å². The lowest BCUT2D eigenvalue weighted by molar-refractivity contribution is 0.413. The Labute approximate surface area is 130 Å². The number of aromatic nitrogens is 1. The van der Waals surface area contributed by atoms with Crippen LogP contribution in [0.25, 0.3) is 0 Å². The Morgan fingerprint density at radius 2 is 2.19 bits per heavy atom. The number of methoxy groups -OCH3 is 1. The lowest BCUT2D eigenvalue weighted by atomic mass is 9.87. The van der Waals surface area contributed by atoms with Crippen molar-refractivity contribution in [1.29, 1.82) is 0 Å². The van der Waals surface area contributed by atoms with E-state index in [1.807, 2.05) is 19.1 Å². The highest BCUT2D eigenvalue weighted by molar-refractivity contribution is 6.32. The van der Waals surface area contributed by atoms with Crippen LogP contribution in [-0.2, 0) is 6.42 Å². The summed E-state index contributed by atoms with van der Waals surface area (Å²) in [5, 5.41) is 4.07. The van der Waals surface area contributed by atoms with E-state index in [-0.39, 0.29) is 6.04 Å². The summed E-state index contributed by atoms with van der Waals surface area (Å²) in [6.45, 7) is 2.02. The van der Waals surface area contributed by atoms with Gasteiger partial charge in [-0.15, -0.1) is 0 Å². The Balaban J connectivity index is 1.92. The summed E-state index contributed by atoms with van der Waals surface area (Å²) >= 11 is 6.20. The van der Waals surface area contributed by atoms with Crippen molar-refractivity contribution in [2.75, 3.05) is 12.4 Å². The van der Waals surface area contributed by atoms with E-state index in [0.717, 1.165) is 29.8 Å². The third-order valence-corrected chi connectivity index (χ3v) is 4.27. The molecule has 1 aromatic carbocycles. The molecule has 110 valence electrons. The van der Waals surface area contributed by atoms with E-state index in [9.17, 15) is 0 Å². The molecule has 0 bridgehead atoms. The van der Waals surface area contributed by atoms with Gasteiger partial charge in [0.1, 0.15) is 5.75 Å². The molecule has 4 heteroatoms. The molecule has 1 unspecified atom stereocenters. The molecule has 2 aromatic rings. The fourth-order valence-electron chi connectivity index (χ4n) is 2.90. The van der Waals surface area contributed by atoms with Crippen LogP contribution in [0.3, 0.4) is 0 Å². The largest absolute Gasteiger partial charge is 0.497 e. The molecule has 0 saturated carbocycles. The highest BCUT2D eigenvalue weighted by Crippen LogP contribution is 2.36. The summed E-state index contributed by atoms with van der Waals surface area (Å²) in [5.74, 6) is 0.899. The summed E-state index contributed by atoms with van der Waals surface area (Å²) in [7, 11) is 1.70. The van der Waals surface area contributed by atoms with Crippen molar-refractivity contribution in [3.05, 3.63) is 52.3 Å². The van der Waals surface area contributed by atoms with Gasteiger partial charge in [-0.2, -0.15) is 0 Å². The first kappa shape index (κ1) is 14.2. The first-order valence-corrected chi connectivity index (χ1v) is 7.60. The summed E-state index contributed by atoms with van der Waals surface area (Å²) in [6.07, 6.45) is 5.17. The zero-order chi connectivity index (χ0) is 14.8. The zero-order valence-corrected chi connectivity index (χ0v) is 13.1. The van der Waals surface area contributed by atoms with Crippen molar-refractivity contribution >= 4 is 17.3 Å². The number of aryl methyl sites for hydroxylation is 2. The van der Waals surface area contributed by atoms with Crippen molar-refractivity contribution in [3.63, 3.8) is 0 Å². The minimum absolute atomic E-state index is 0.255. The van der Waals surface area contributed by atoms with Gasteiger partial charge in [0.25, 0.3) is 0 Å². The SMILES string of the molecule is COc1ccc2c(c1)C(Nc1cc(C)cnc1Cl)CCC2. The zero-order valence-electron chi connectivity index (χ0n) is 12.3. The number of nitrogens with zero attached hydrogens (tertiary/aromatic N) is 1. The Hall–Kier alpha value is -1.74. The molecule has 1 atom stereocenters. The molecule has 1 aromatic heterocycles. The Morgan fingerprint density at radius 3 is 3.00 bits per heavy atom. The van der Waals surface area contributed by atoms with Gasteiger partial charge >= 0.3 is 0 Å². The monoisotopic (exact) mass is 302 g/mol. The topological polar surface area (TPSA) is 34.1 Å². The lowest BCUT2D eigenvalue weighted by Crippen LogP contribution is -2.18. The van der Waals surface area contributed by atoms with Gasteiger partial charge in [-0.3, -0.25) is 0 Å². The predicted octanol–water partition coefficient (Wildman–Crippen LogP) is 4.54. The number of nitrogens with one attached hydrogen (secondary N) is 1. The van der Waals surface area contributed by atoms with Gasteiger partial charge in [-0.25, -0.2) is 4.98 Å². The van der Waals surface area contributed by atoms with Crippen LogP contribution in [0.5, 0.6) is 5.75 Å². The maximum atomic E-state index is 6.20. The number of halogens is 1. The molecule has 1 heterocycles. The Kier molecular flexibility index (Phi) is 4.02. The van der Waals surface area contributed by atoms with E-state index in [0.29, 0.717) is 5.15 Å². The van der Waals surface area contributed by atoms with E-state index >= 15 is 0 Å². The second-order valence-corrected chi connectivity index (χ2v) is 5.86. The number of pyridine rings is 1. The molecule has 3 rings (SSSR count). The predicted molar refractivity (Wildman–Crippen MR) is 86.3 cm³/mol. The molecular weight excluding hydrogens is 284 g/mol. The van der Waals surface area contributed by atoms with Crippen molar-refractivity contribution < 1.29 is 4.74 Å². The quantitative estimate of drug-likeness (QED) is 0.845. The number of ether oxygens (including phenoxy) is 1. The van der Waals surface area contributed by atoms with E-state index in [4.69, 9.17) is 16.3 Å². The molecule has 3 nitrogen and oxygen atoms in total. The summed E-state index contributed by atoms with van der Waals surface area (Å²) in [6, 6.07) is 8.62. The molecule has 0 radical (unpaired) electrons. The number of anilines is 1. The minimum atomic E-state index is 0.255. The van der Waals surface area contributed by atoms with Crippen molar-refractivity contribution in [3.8, 4) is 5.75 Å². The average molecular weight is 303 g/mol. The van der Waals surface area contributed by atoms with Gasteiger partial charge in [0.2, 0.25) is 0 Å². The van der Waals surface area contributed by atoms with Crippen LogP contribution in [0, 0.1) is 6.92 Å². The van der Waals surface area contributed by atoms with Crippen LogP contribution in [0.1, 0.15) is 35.6 Å². The fourth-order valence-corrected chi connectivity index (χ4v) is 3.05. The van der Waals surface area contributed by atoms with Crippen LogP contribution < -0.4 is 10.1 Å². The third kappa shape index (κ3) is 2.98. The number of rotatable bonds is 3. The molecule has 21 heavy (non-hydrogen) atoms. The average Bonchev–Trinajstić information content (AvgIpc) is 2.51. The van der Waals surface area contributed by atoms with Gasteiger partial charge in [0.15, 0.2) is 5.15 Å². The molecule has 0 spiro atoms. The van der Waals surface area contributed by atoms with Crippen LogP contribution in [0.4, 0.5) is 5.69 Å². The van der Waals surface area contributed by atoms with Crippen LogP contribution in [0.2, 0.25) is 5.15 Å². The van der Waals surface area contributed by atoms with Crippen LogP contribution in [0.15, 0.2) is 30.5 Å². The van der Waals surface area contributed by atoms with E-state index in [1.54, 1.807) is 13.3 Å². The highest BCUT2D eigenvalue weighted by atomic mass is 35.5. The van der Waals surface area contributed by atoms with Crippen molar-refractivity contribution in [2.24, 2.45) is 0 Å². The second kappa shape index (κ2) is 5.94. The van der Waals surface area contributed by atoms with E-state index in [2.05, 4.69) is 22.4 Å². The summed E-state index contributed by atoms with van der Waals surface area (Å²) in [4.78, 5) is 4.21. The normalized spacial score (nSPS) is 17.2. The number of fused-ring (bicyclic) bond motifs is 1. The standard InChI is InChI=1S/C17H19ClN2O/c1-11-8-16(17(18)19-10-11)20-15-5-3-4-12-6-7-13(21-2)9-14(12)15/h6-10,15,20H,3-5H2,1-2H3. The molecule has 0 amide bonds. The Bertz CT molecular complexity index is 657. The van der Waals surface area contributed by atoms with E-state index < -0.39 is 0 Å². The van der Waals surface area contributed by atoms with Gasteiger partial charge in [0, 0.05) is 6.20 Å². The first-order chi connectivity index (χ1) is 10.2. The Morgan fingerprint density at radius 1 is 1.33 bits per heavy atom. The van der Waals surface area contributed by atoms with Crippen molar-refractivity contribution in [1.82, 2.24) is 4.98 Å². The van der Waals surface area contributed by atoms with Gasteiger partial charge < -0.3 is 10.1 Å². The second-order valence-electron chi connectivity index (χ2n) is 5.50. The van der Waals surface area contributed by atoms with E-state index in [1.165, 1.54) is 17.5 Å². The molecular formula is C17H19ClN2O. The maximum absolute atomic E-state index is 6.20. The molecule has 1 aliphatic rings. The summed E-state index contributed by atoms with van der Waals surface area (Å²) < 4.78 is 5.36. The number of hydrogen-bond donors (Lipinski definition) is 1. The maximum Gasteiger partial charge on any atom is 0.152 e. The molecule has 0 aliphatic heterocycles. The number of hydrogen-bond acceptors (Lipinski definition) is 3. The van der Waals surface area contributed by atoms with Gasteiger partial charge in [-0.05, 0) is 61.1 Å². The van der Waals surface area contributed by atoms with Crippen molar-refractivity contribution in [2.45, 2.75) is 32.2 Å².